The van der Waals surface area contributed by atoms with Crippen molar-refractivity contribution in [1.29, 1.82) is 0 Å². The van der Waals surface area contributed by atoms with Crippen molar-refractivity contribution in [3.05, 3.63) is 42.4 Å². The molecular formula is C9H9BF3KO. The van der Waals surface area contributed by atoms with Gasteiger partial charge in [0.2, 0.25) is 0 Å². The van der Waals surface area contributed by atoms with Gasteiger partial charge in [-0.05, 0) is 12.1 Å². The molecule has 76 valence electrons. The Morgan fingerprint density at radius 3 is 2.20 bits per heavy atom. The molecule has 0 radical (unpaired) electrons. The first-order chi connectivity index (χ1) is 6.50. The van der Waals surface area contributed by atoms with Crippen LogP contribution in [0.1, 0.15) is 0 Å². The van der Waals surface area contributed by atoms with Crippen LogP contribution in [0, 0.1) is 0 Å². The van der Waals surface area contributed by atoms with E-state index in [0.29, 0.717) is 5.75 Å². The van der Waals surface area contributed by atoms with Gasteiger partial charge < -0.3 is 17.7 Å². The fourth-order valence-corrected chi connectivity index (χ4v) is 0.787. The summed E-state index contributed by atoms with van der Waals surface area (Å²) in [5.74, 6) is 0.411. The molecule has 0 heterocycles. The van der Waals surface area contributed by atoms with E-state index < -0.39 is 19.1 Å². The SMILES string of the molecule is C=C(COc1ccccc1)[B-](F)(F)F.[K+]. The monoisotopic (exact) mass is 240 g/mol. The van der Waals surface area contributed by atoms with E-state index in [4.69, 9.17) is 4.74 Å². The van der Waals surface area contributed by atoms with Crippen molar-refractivity contribution >= 4 is 6.98 Å². The van der Waals surface area contributed by atoms with Gasteiger partial charge in [-0.15, -0.1) is 12.1 Å². The Morgan fingerprint density at radius 2 is 1.73 bits per heavy atom. The Morgan fingerprint density at radius 1 is 1.20 bits per heavy atom. The molecule has 0 bridgehead atoms. The van der Waals surface area contributed by atoms with Gasteiger partial charge in [-0.25, -0.2) is 0 Å². The molecule has 0 aliphatic heterocycles. The summed E-state index contributed by atoms with van der Waals surface area (Å²) in [6, 6.07) is 8.33. The number of hydrogen-bond acceptors (Lipinski definition) is 1. The zero-order valence-electron chi connectivity index (χ0n) is 8.42. The van der Waals surface area contributed by atoms with Crippen molar-refractivity contribution < 1.29 is 69.1 Å². The molecular weight excluding hydrogens is 231 g/mol. The smallest absolute Gasteiger partial charge is 0.492 e. The van der Waals surface area contributed by atoms with Crippen molar-refractivity contribution in [2.45, 2.75) is 0 Å². The molecule has 0 aromatic heterocycles. The van der Waals surface area contributed by atoms with E-state index in [0.717, 1.165) is 0 Å². The first kappa shape index (κ1) is 15.3. The van der Waals surface area contributed by atoms with Crippen molar-refractivity contribution in [3.63, 3.8) is 0 Å². The molecule has 1 rings (SSSR count). The second-order valence-corrected chi connectivity index (χ2v) is 2.83. The Labute approximate surface area is 129 Å². The average molecular weight is 240 g/mol. The normalized spacial score (nSPS) is 10.3. The summed E-state index contributed by atoms with van der Waals surface area (Å²) in [6.07, 6.45) is 0. The molecule has 1 nitrogen and oxygen atoms in total. The Hall–Kier alpha value is 0.251. The third-order valence-corrected chi connectivity index (χ3v) is 1.63. The number of rotatable bonds is 4. The molecule has 0 N–H and O–H groups in total. The van der Waals surface area contributed by atoms with Gasteiger partial charge in [-0.2, -0.15) is 0 Å². The van der Waals surface area contributed by atoms with Gasteiger partial charge in [-0.1, -0.05) is 18.2 Å². The van der Waals surface area contributed by atoms with E-state index in [2.05, 4.69) is 6.58 Å². The zero-order valence-corrected chi connectivity index (χ0v) is 11.5. The van der Waals surface area contributed by atoms with E-state index in [1.54, 1.807) is 30.3 Å². The predicted molar refractivity (Wildman–Crippen MR) is 50.2 cm³/mol. The third kappa shape index (κ3) is 5.77. The first-order valence-corrected chi connectivity index (χ1v) is 4.05. The fourth-order valence-electron chi connectivity index (χ4n) is 0.787. The van der Waals surface area contributed by atoms with Crippen molar-refractivity contribution in [1.82, 2.24) is 0 Å². The van der Waals surface area contributed by atoms with Crippen LogP contribution in [0.2, 0.25) is 0 Å². The first-order valence-electron chi connectivity index (χ1n) is 4.05. The maximum absolute atomic E-state index is 12.0. The van der Waals surface area contributed by atoms with E-state index in [-0.39, 0.29) is 51.4 Å². The number of halogens is 3. The van der Waals surface area contributed by atoms with Crippen LogP contribution in [0.25, 0.3) is 0 Å². The van der Waals surface area contributed by atoms with Gasteiger partial charge in [0.1, 0.15) is 5.75 Å². The molecule has 0 amide bonds. The van der Waals surface area contributed by atoms with Gasteiger partial charge in [0.05, 0.1) is 6.61 Å². The maximum Gasteiger partial charge on any atom is 1.00 e. The van der Waals surface area contributed by atoms with Crippen LogP contribution in [-0.4, -0.2) is 13.6 Å². The standard InChI is InChI=1S/C9H9BF3O.K/c1-8(10(11,12)13)7-14-9-5-3-2-4-6-9;/h2-6H,1,7H2;/q-1;+1. The number of para-hydroxylation sites is 1. The van der Waals surface area contributed by atoms with Crippen LogP contribution in [-0.2, 0) is 0 Å². The van der Waals surface area contributed by atoms with Crippen molar-refractivity contribution in [2.75, 3.05) is 6.61 Å². The van der Waals surface area contributed by atoms with Gasteiger partial charge >= 0.3 is 58.4 Å². The molecule has 6 heteroatoms. The molecule has 0 aliphatic rings. The van der Waals surface area contributed by atoms with Crippen LogP contribution in [0.5, 0.6) is 5.75 Å². The molecule has 0 atom stereocenters. The summed E-state index contributed by atoms with van der Waals surface area (Å²) in [5, 5.41) is 0. The summed E-state index contributed by atoms with van der Waals surface area (Å²) in [4.78, 5) is 0. The molecule has 0 unspecified atom stereocenters. The number of ether oxygens (including phenoxy) is 1. The number of hydrogen-bond donors (Lipinski definition) is 0. The minimum absolute atomic E-state index is 0. The van der Waals surface area contributed by atoms with Crippen LogP contribution >= 0.6 is 0 Å². The molecule has 0 saturated carbocycles. The van der Waals surface area contributed by atoms with Gasteiger partial charge in [-0.3, -0.25) is 0 Å². The Balaban J connectivity index is 0.00000196. The van der Waals surface area contributed by atoms with E-state index >= 15 is 0 Å². The molecule has 0 fully saturated rings. The minimum Gasteiger partial charge on any atom is -0.492 e. The fraction of sp³-hybridized carbons (Fsp3) is 0.111. The maximum atomic E-state index is 12.0. The summed E-state index contributed by atoms with van der Waals surface area (Å²) < 4.78 is 41.0. The second-order valence-electron chi connectivity index (χ2n) is 2.83. The topological polar surface area (TPSA) is 9.23 Å². The predicted octanol–water partition coefficient (Wildman–Crippen LogP) is 0.0122. The molecule has 15 heavy (non-hydrogen) atoms. The van der Waals surface area contributed by atoms with Crippen molar-refractivity contribution in [3.8, 4) is 5.75 Å². The van der Waals surface area contributed by atoms with E-state index in [9.17, 15) is 12.9 Å². The largest absolute Gasteiger partial charge is 1.00 e. The van der Waals surface area contributed by atoms with Crippen LogP contribution in [0.15, 0.2) is 42.4 Å². The summed E-state index contributed by atoms with van der Waals surface area (Å²) in [6.45, 7) is -2.58. The Bertz CT molecular complexity index is 313. The van der Waals surface area contributed by atoms with Gasteiger partial charge in [0.25, 0.3) is 0 Å². The van der Waals surface area contributed by atoms with Crippen LogP contribution in [0.4, 0.5) is 12.9 Å². The molecule has 1 aromatic rings. The molecule has 0 spiro atoms. The van der Waals surface area contributed by atoms with Gasteiger partial charge in [0.15, 0.2) is 0 Å². The minimum atomic E-state index is -4.99. The summed E-state index contributed by atoms with van der Waals surface area (Å²) in [5.41, 5.74) is -0.825. The van der Waals surface area contributed by atoms with Gasteiger partial charge in [0, 0.05) is 0 Å². The van der Waals surface area contributed by atoms with Crippen molar-refractivity contribution in [2.24, 2.45) is 0 Å². The molecule has 0 aliphatic carbocycles. The zero-order chi connectivity index (χ0) is 10.6. The average Bonchev–Trinajstić information content (AvgIpc) is 2.14. The van der Waals surface area contributed by atoms with E-state index in [1.165, 1.54) is 0 Å². The summed E-state index contributed by atoms with van der Waals surface area (Å²) in [7, 11) is 0. The van der Waals surface area contributed by atoms with Crippen LogP contribution in [0.3, 0.4) is 0 Å². The molecule has 1 aromatic carbocycles. The third-order valence-electron chi connectivity index (χ3n) is 1.63. The molecule has 0 saturated heterocycles. The summed E-state index contributed by atoms with van der Waals surface area (Å²) >= 11 is 0. The quantitative estimate of drug-likeness (QED) is 0.674. The van der Waals surface area contributed by atoms with E-state index in [1.807, 2.05) is 0 Å². The number of benzene rings is 1. The van der Waals surface area contributed by atoms with Crippen LogP contribution < -0.4 is 56.1 Å². The Kier molecular flexibility index (Phi) is 6.87. The second kappa shape index (κ2) is 6.75.